The van der Waals surface area contributed by atoms with Gasteiger partial charge in [0.2, 0.25) is 5.88 Å². The molecule has 6 nitrogen and oxygen atoms in total. The molecule has 2 aromatic heterocycles. The lowest BCUT2D eigenvalue weighted by Crippen LogP contribution is -2.14. The standard InChI is InChI=1S/C23H19N3O3/c27-23(28-18-9-8-15-4-3-5-16(15)14-18)29-22-21(25-17-10-12-24-13-11-17)19-6-1-2-7-20(19)26-22/h1-2,6-14,26H,3-5H2,(H,24,25). The second-order valence-corrected chi connectivity index (χ2v) is 6.97. The second kappa shape index (κ2) is 7.31. The maximum Gasteiger partial charge on any atom is 0.520 e. The van der Waals surface area contributed by atoms with Crippen LogP contribution in [-0.2, 0) is 12.8 Å². The zero-order valence-electron chi connectivity index (χ0n) is 15.6. The van der Waals surface area contributed by atoms with Gasteiger partial charge in [-0.15, -0.1) is 0 Å². The van der Waals surface area contributed by atoms with Crippen molar-refractivity contribution in [3.05, 3.63) is 78.1 Å². The summed E-state index contributed by atoms with van der Waals surface area (Å²) in [6.45, 7) is 0. The van der Waals surface area contributed by atoms with E-state index in [4.69, 9.17) is 9.47 Å². The molecule has 2 N–H and O–H groups in total. The Bertz CT molecular complexity index is 1180. The lowest BCUT2D eigenvalue weighted by molar-refractivity contribution is 0.150. The first-order chi connectivity index (χ1) is 14.3. The van der Waals surface area contributed by atoms with Gasteiger partial charge in [-0.25, -0.2) is 4.79 Å². The number of carbonyl (C=O) groups excluding carboxylic acids is 1. The van der Waals surface area contributed by atoms with Crippen LogP contribution in [0, 0.1) is 0 Å². The van der Waals surface area contributed by atoms with E-state index >= 15 is 0 Å². The molecule has 0 spiro atoms. The molecule has 0 fully saturated rings. The Labute approximate surface area is 167 Å². The first-order valence-electron chi connectivity index (χ1n) is 9.55. The van der Waals surface area contributed by atoms with Gasteiger partial charge in [-0.3, -0.25) is 4.98 Å². The number of aryl methyl sites for hydroxylation is 2. The summed E-state index contributed by atoms with van der Waals surface area (Å²) in [4.78, 5) is 19.6. The van der Waals surface area contributed by atoms with Crippen molar-refractivity contribution in [3.8, 4) is 11.6 Å². The molecule has 0 radical (unpaired) electrons. The average molecular weight is 385 g/mol. The van der Waals surface area contributed by atoms with Crippen LogP contribution in [0.4, 0.5) is 16.2 Å². The van der Waals surface area contributed by atoms with Gasteiger partial charge in [0.05, 0.1) is 5.52 Å². The van der Waals surface area contributed by atoms with Crippen molar-refractivity contribution >= 4 is 28.4 Å². The summed E-state index contributed by atoms with van der Waals surface area (Å²) < 4.78 is 11.0. The van der Waals surface area contributed by atoms with Crippen LogP contribution in [0.25, 0.3) is 10.9 Å². The number of nitrogens with one attached hydrogen (secondary N) is 2. The van der Waals surface area contributed by atoms with Gasteiger partial charge in [-0.05, 0) is 60.7 Å². The number of fused-ring (bicyclic) bond motifs is 2. The van der Waals surface area contributed by atoms with E-state index in [1.807, 2.05) is 54.6 Å². The molecule has 0 amide bonds. The van der Waals surface area contributed by atoms with Crippen LogP contribution in [0.1, 0.15) is 17.5 Å². The average Bonchev–Trinajstić information content (AvgIpc) is 3.33. The third-order valence-corrected chi connectivity index (χ3v) is 5.08. The molecule has 6 heteroatoms. The van der Waals surface area contributed by atoms with E-state index in [0.29, 0.717) is 17.3 Å². The highest BCUT2D eigenvalue weighted by atomic mass is 16.7. The quantitative estimate of drug-likeness (QED) is 0.365. The fourth-order valence-electron chi connectivity index (χ4n) is 3.71. The van der Waals surface area contributed by atoms with Crippen LogP contribution in [0.2, 0.25) is 0 Å². The Balaban J connectivity index is 1.40. The van der Waals surface area contributed by atoms with Crippen molar-refractivity contribution in [2.24, 2.45) is 0 Å². The Morgan fingerprint density at radius 1 is 0.966 bits per heavy atom. The van der Waals surface area contributed by atoms with Crippen LogP contribution in [-0.4, -0.2) is 16.1 Å². The molecule has 1 aliphatic rings. The molecule has 0 saturated carbocycles. The number of aromatic amines is 1. The molecular weight excluding hydrogens is 366 g/mol. The van der Waals surface area contributed by atoms with E-state index in [1.165, 1.54) is 11.1 Å². The Morgan fingerprint density at radius 3 is 2.69 bits per heavy atom. The van der Waals surface area contributed by atoms with Crippen molar-refractivity contribution in [2.75, 3.05) is 5.32 Å². The van der Waals surface area contributed by atoms with Gasteiger partial charge in [0.15, 0.2) is 0 Å². The number of para-hydroxylation sites is 1. The highest BCUT2D eigenvalue weighted by Crippen LogP contribution is 2.36. The van der Waals surface area contributed by atoms with Crippen molar-refractivity contribution < 1.29 is 14.3 Å². The summed E-state index contributed by atoms with van der Waals surface area (Å²) in [5.74, 6) is 0.796. The highest BCUT2D eigenvalue weighted by Gasteiger charge is 2.18. The number of ether oxygens (including phenoxy) is 2. The summed E-state index contributed by atoms with van der Waals surface area (Å²) in [6, 6.07) is 17.2. The number of hydrogen-bond acceptors (Lipinski definition) is 5. The molecule has 0 bridgehead atoms. The second-order valence-electron chi connectivity index (χ2n) is 6.97. The van der Waals surface area contributed by atoms with E-state index in [2.05, 4.69) is 15.3 Å². The highest BCUT2D eigenvalue weighted by molar-refractivity contribution is 5.98. The molecule has 2 aromatic carbocycles. The number of hydrogen-bond donors (Lipinski definition) is 2. The minimum atomic E-state index is -0.785. The molecule has 29 heavy (non-hydrogen) atoms. The van der Waals surface area contributed by atoms with Gasteiger partial charge in [-0.1, -0.05) is 24.3 Å². The number of carbonyl (C=O) groups is 1. The molecular formula is C23H19N3O3. The minimum absolute atomic E-state index is 0.300. The van der Waals surface area contributed by atoms with Gasteiger partial charge in [0.25, 0.3) is 0 Å². The van der Waals surface area contributed by atoms with E-state index in [0.717, 1.165) is 35.9 Å². The summed E-state index contributed by atoms with van der Waals surface area (Å²) in [7, 11) is 0. The summed E-state index contributed by atoms with van der Waals surface area (Å²) in [6.07, 6.45) is 5.84. The predicted octanol–water partition coefficient (Wildman–Crippen LogP) is 5.37. The SMILES string of the molecule is O=C(Oc1ccc2c(c1)CCC2)Oc1[nH]c2ccccc2c1Nc1ccncc1. The normalized spacial score (nSPS) is 12.6. The van der Waals surface area contributed by atoms with Gasteiger partial charge in [0, 0.05) is 23.5 Å². The maximum absolute atomic E-state index is 12.5. The Morgan fingerprint density at radius 2 is 1.79 bits per heavy atom. The van der Waals surface area contributed by atoms with Crippen molar-refractivity contribution in [1.82, 2.24) is 9.97 Å². The van der Waals surface area contributed by atoms with Crippen LogP contribution in [0.3, 0.4) is 0 Å². The van der Waals surface area contributed by atoms with Crippen molar-refractivity contribution in [2.45, 2.75) is 19.3 Å². The van der Waals surface area contributed by atoms with E-state index in [1.54, 1.807) is 12.4 Å². The van der Waals surface area contributed by atoms with Gasteiger partial charge in [-0.2, -0.15) is 0 Å². The first kappa shape index (κ1) is 17.3. The minimum Gasteiger partial charge on any atom is -0.395 e. The van der Waals surface area contributed by atoms with E-state index < -0.39 is 6.16 Å². The van der Waals surface area contributed by atoms with Gasteiger partial charge >= 0.3 is 6.16 Å². The number of pyridine rings is 1. The fourth-order valence-corrected chi connectivity index (χ4v) is 3.71. The first-order valence-corrected chi connectivity index (χ1v) is 9.55. The molecule has 0 atom stereocenters. The van der Waals surface area contributed by atoms with Crippen molar-refractivity contribution in [3.63, 3.8) is 0 Å². The molecule has 0 saturated heterocycles. The Hall–Kier alpha value is -3.80. The molecule has 0 aliphatic heterocycles. The predicted molar refractivity (Wildman–Crippen MR) is 111 cm³/mol. The third-order valence-electron chi connectivity index (χ3n) is 5.08. The number of anilines is 2. The summed E-state index contributed by atoms with van der Waals surface area (Å²) in [5, 5.41) is 4.20. The summed E-state index contributed by atoms with van der Waals surface area (Å²) in [5.41, 5.74) is 4.91. The molecule has 144 valence electrons. The molecule has 1 aliphatic carbocycles. The summed E-state index contributed by atoms with van der Waals surface area (Å²) >= 11 is 0. The number of nitrogens with zero attached hydrogens (tertiary/aromatic N) is 1. The fraction of sp³-hybridized carbons (Fsp3) is 0.130. The zero-order valence-corrected chi connectivity index (χ0v) is 15.6. The van der Waals surface area contributed by atoms with Crippen LogP contribution < -0.4 is 14.8 Å². The molecule has 4 aromatic rings. The number of aromatic nitrogens is 2. The molecule has 0 unspecified atom stereocenters. The van der Waals surface area contributed by atoms with E-state index in [9.17, 15) is 4.79 Å². The third kappa shape index (κ3) is 3.52. The molecule has 5 rings (SSSR count). The van der Waals surface area contributed by atoms with Crippen LogP contribution in [0.5, 0.6) is 11.6 Å². The number of rotatable bonds is 4. The largest absolute Gasteiger partial charge is 0.520 e. The lowest BCUT2D eigenvalue weighted by Gasteiger charge is -2.09. The van der Waals surface area contributed by atoms with E-state index in [-0.39, 0.29) is 0 Å². The van der Waals surface area contributed by atoms with Gasteiger partial charge < -0.3 is 19.8 Å². The zero-order chi connectivity index (χ0) is 19.6. The molecule has 2 heterocycles. The van der Waals surface area contributed by atoms with Crippen LogP contribution in [0.15, 0.2) is 67.0 Å². The monoisotopic (exact) mass is 385 g/mol. The van der Waals surface area contributed by atoms with Gasteiger partial charge in [0.1, 0.15) is 11.4 Å². The Kier molecular flexibility index (Phi) is 4.37. The number of benzene rings is 2. The number of H-pyrrole nitrogens is 1. The lowest BCUT2D eigenvalue weighted by atomic mass is 10.1. The topological polar surface area (TPSA) is 76.2 Å². The van der Waals surface area contributed by atoms with Crippen LogP contribution >= 0.6 is 0 Å². The maximum atomic E-state index is 12.5. The smallest absolute Gasteiger partial charge is 0.395 e. The van der Waals surface area contributed by atoms with Crippen molar-refractivity contribution in [1.29, 1.82) is 0 Å².